The second-order valence-electron chi connectivity index (χ2n) is 6.43. The Kier molecular flexibility index (Phi) is 5.95. The minimum absolute atomic E-state index is 0.0925. The van der Waals surface area contributed by atoms with Crippen LogP contribution in [0.15, 0.2) is 34.9 Å². The van der Waals surface area contributed by atoms with E-state index in [4.69, 9.17) is 9.26 Å². The lowest BCUT2D eigenvalue weighted by molar-refractivity contribution is -0.121. The van der Waals surface area contributed by atoms with E-state index < -0.39 is 0 Å². The number of anilines is 2. The molecule has 0 spiro atoms. The summed E-state index contributed by atoms with van der Waals surface area (Å²) >= 11 is 0. The Morgan fingerprint density at radius 1 is 1.26 bits per heavy atom. The van der Waals surface area contributed by atoms with Crippen molar-refractivity contribution < 1.29 is 18.8 Å². The number of nitrogens with one attached hydrogen (secondary N) is 2. The summed E-state index contributed by atoms with van der Waals surface area (Å²) in [6.07, 6.45) is 1.20. The summed E-state index contributed by atoms with van der Waals surface area (Å²) in [4.78, 5) is 26.6. The maximum absolute atomic E-state index is 12.5. The van der Waals surface area contributed by atoms with Crippen molar-refractivity contribution in [3.8, 4) is 5.75 Å². The van der Waals surface area contributed by atoms with E-state index in [1.54, 1.807) is 17.9 Å². The number of carbonyl (C=O) groups is 2. The van der Waals surface area contributed by atoms with Crippen LogP contribution in [-0.2, 0) is 4.79 Å². The number of ether oxygens (including phenoxy) is 1. The number of aryl methyl sites for hydroxylation is 1. The molecule has 0 aliphatic carbocycles. The van der Waals surface area contributed by atoms with Crippen LogP contribution in [0.1, 0.15) is 25.5 Å². The van der Waals surface area contributed by atoms with E-state index in [2.05, 4.69) is 15.8 Å². The maximum atomic E-state index is 12.5. The molecule has 3 amide bonds. The first-order valence-corrected chi connectivity index (χ1v) is 9.08. The number of likely N-dealkylation sites (tertiary alicyclic amines) is 1. The number of urea groups is 1. The van der Waals surface area contributed by atoms with Crippen molar-refractivity contribution in [2.45, 2.75) is 26.7 Å². The molecule has 8 heteroatoms. The molecule has 1 aliphatic heterocycles. The third-order valence-corrected chi connectivity index (χ3v) is 4.46. The summed E-state index contributed by atoms with van der Waals surface area (Å²) in [6, 6.07) is 8.83. The quantitative estimate of drug-likeness (QED) is 0.840. The normalized spacial score (nSPS) is 14.7. The van der Waals surface area contributed by atoms with Crippen LogP contribution in [0, 0.1) is 12.8 Å². The largest absolute Gasteiger partial charge is 0.492 e. The van der Waals surface area contributed by atoms with Crippen LogP contribution in [0.3, 0.4) is 0 Å². The monoisotopic (exact) mass is 372 g/mol. The Morgan fingerprint density at radius 2 is 2.00 bits per heavy atom. The standard InChI is InChI=1S/C19H24N4O4/c1-3-26-16-7-5-4-6-15(16)20-19(25)23-10-8-14(9-11-23)18(24)21-17-12-13(2)27-22-17/h4-7,12,14H,3,8-11H2,1-2H3,(H,20,25)(H,21,22,24). The molecule has 0 bridgehead atoms. The molecule has 27 heavy (non-hydrogen) atoms. The van der Waals surface area contributed by atoms with Gasteiger partial charge in [-0.05, 0) is 38.8 Å². The predicted molar refractivity (Wildman–Crippen MR) is 101 cm³/mol. The van der Waals surface area contributed by atoms with Gasteiger partial charge in [-0.2, -0.15) is 0 Å². The molecule has 0 unspecified atom stereocenters. The number of carbonyl (C=O) groups excluding carboxylic acids is 2. The van der Waals surface area contributed by atoms with Crippen molar-refractivity contribution in [1.82, 2.24) is 10.1 Å². The molecule has 3 rings (SSSR count). The maximum Gasteiger partial charge on any atom is 0.321 e. The Bertz CT molecular complexity index is 797. The lowest BCUT2D eigenvalue weighted by Crippen LogP contribution is -2.43. The lowest BCUT2D eigenvalue weighted by atomic mass is 9.96. The SMILES string of the molecule is CCOc1ccccc1NC(=O)N1CCC(C(=O)Nc2cc(C)on2)CC1. The minimum Gasteiger partial charge on any atom is -0.492 e. The zero-order valence-corrected chi connectivity index (χ0v) is 15.5. The van der Waals surface area contributed by atoms with Crippen molar-refractivity contribution in [2.75, 3.05) is 30.3 Å². The Hall–Kier alpha value is -3.03. The second-order valence-corrected chi connectivity index (χ2v) is 6.43. The van der Waals surface area contributed by atoms with Crippen LogP contribution in [0.4, 0.5) is 16.3 Å². The highest BCUT2D eigenvalue weighted by molar-refractivity contribution is 5.93. The summed E-state index contributed by atoms with van der Waals surface area (Å²) in [6.45, 7) is 5.22. The molecule has 2 N–H and O–H groups in total. The fourth-order valence-corrected chi connectivity index (χ4v) is 3.04. The van der Waals surface area contributed by atoms with Crippen LogP contribution in [-0.4, -0.2) is 41.7 Å². The first-order chi connectivity index (χ1) is 13.1. The van der Waals surface area contributed by atoms with Gasteiger partial charge >= 0.3 is 6.03 Å². The van der Waals surface area contributed by atoms with Crippen LogP contribution in [0.25, 0.3) is 0 Å². The molecule has 0 atom stereocenters. The molecule has 1 aromatic carbocycles. The third kappa shape index (κ3) is 4.78. The van der Waals surface area contributed by atoms with E-state index in [1.807, 2.05) is 31.2 Å². The Morgan fingerprint density at radius 3 is 2.67 bits per heavy atom. The van der Waals surface area contributed by atoms with Crippen LogP contribution in [0.2, 0.25) is 0 Å². The molecule has 1 aromatic heterocycles. The highest BCUT2D eigenvalue weighted by atomic mass is 16.5. The van der Waals surface area contributed by atoms with Gasteiger partial charge in [0.2, 0.25) is 5.91 Å². The average Bonchev–Trinajstić information content (AvgIpc) is 3.08. The van der Waals surface area contributed by atoms with Gasteiger partial charge in [0.1, 0.15) is 11.5 Å². The van der Waals surface area contributed by atoms with E-state index in [1.165, 1.54) is 0 Å². The van der Waals surface area contributed by atoms with E-state index in [9.17, 15) is 9.59 Å². The van der Waals surface area contributed by atoms with Gasteiger partial charge in [0.05, 0.1) is 12.3 Å². The van der Waals surface area contributed by atoms with Gasteiger partial charge in [-0.1, -0.05) is 17.3 Å². The molecule has 1 aliphatic rings. The van der Waals surface area contributed by atoms with E-state index >= 15 is 0 Å². The Balaban J connectivity index is 1.51. The molecule has 1 saturated heterocycles. The highest BCUT2D eigenvalue weighted by Crippen LogP contribution is 2.25. The van der Waals surface area contributed by atoms with Crippen molar-refractivity contribution >= 4 is 23.4 Å². The van der Waals surface area contributed by atoms with Gasteiger partial charge in [-0.25, -0.2) is 4.79 Å². The summed E-state index contributed by atoms with van der Waals surface area (Å²) in [5.41, 5.74) is 0.644. The first-order valence-electron chi connectivity index (χ1n) is 9.08. The fraction of sp³-hybridized carbons (Fsp3) is 0.421. The van der Waals surface area contributed by atoms with Crippen molar-refractivity contribution in [3.05, 3.63) is 36.1 Å². The third-order valence-electron chi connectivity index (χ3n) is 4.46. The van der Waals surface area contributed by atoms with Gasteiger partial charge in [0.25, 0.3) is 0 Å². The lowest BCUT2D eigenvalue weighted by Gasteiger charge is -2.31. The van der Waals surface area contributed by atoms with Crippen molar-refractivity contribution in [1.29, 1.82) is 0 Å². The molecule has 8 nitrogen and oxygen atoms in total. The molecule has 2 heterocycles. The number of para-hydroxylation sites is 2. The number of rotatable bonds is 5. The summed E-state index contributed by atoms with van der Waals surface area (Å²) < 4.78 is 10.5. The molecule has 1 fully saturated rings. The van der Waals surface area contributed by atoms with Gasteiger partial charge in [0.15, 0.2) is 5.82 Å². The molecular formula is C19H24N4O4. The van der Waals surface area contributed by atoms with Crippen LogP contribution in [0.5, 0.6) is 5.75 Å². The minimum atomic E-state index is -0.187. The molecule has 144 valence electrons. The average molecular weight is 372 g/mol. The number of hydrogen-bond donors (Lipinski definition) is 2. The number of benzene rings is 1. The second kappa shape index (κ2) is 8.57. The highest BCUT2D eigenvalue weighted by Gasteiger charge is 2.28. The molecule has 0 radical (unpaired) electrons. The van der Waals surface area contributed by atoms with E-state index in [0.29, 0.717) is 55.6 Å². The smallest absolute Gasteiger partial charge is 0.321 e. The Labute approximate surface area is 157 Å². The van der Waals surface area contributed by atoms with E-state index in [0.717, 1.165) is 0 Å². The number of hydrogen-bond acceptors (Lipinski definition) is 5. The first kappa shape index (κ1) is 18.8. The molecule has 2 aromatic rings. The van der Waals surface area contributed by atoms with Crippen LogP contribution >= 0.6 is 0 Å². The van der Waals surface area contributed by atoms with Gasteiger partial charge in [0, 0.05) is 25.1 Å². The van der Waals surface area contributed by atoms with Gasteiger partial charge in [-0.3, -0.25) is 4.79 Å². The number of piperidine rings is 1. The van der Waals surface area contributed by atoms with E-state index in [-0.39, 0.29) is 17.9 Å². The molecule has 0 saturated carbocycles. The fourth-order valence-electron chi connectivity index (χ4n) is 3.04. The zero-order chi connectivity index (χ0) is 19.2. The van der Waals surface area contributed by atoms with Crippen molar-refractivity contribution in [2.24, 2.45) is 5.92 Å². The topological polar surface area (TPSA) is 96.7 Å². The predicted octanol–water partition coefficient (Wildman–Crippen LogP) is 3.26. The number of aromatic nitrogens is 1. The summed E-state index contributed by atoms with van der Waals surface area (Å²) in [7, 11) is 0. The van der Waals surface area contributed by atoms with Crippen LogP contribution < -0.4 is 15.4 Å². The van der Waals surface area contributed by atoms with Gasteiger partial charge < -0.3 is 24.8 Å². The molecular weight excluding hydrogens is 348 g/mol. The summed E-state index contributed by atoms with van der Waals surface area (Å²) in [5.74, 6) is 1.46. The number of nitrogens with zero attached hydrogens (tertiary/aromatic N) is 2. The number of amides is 3. The zero-order valence-electron chi connectivity index (χ0n) is 15.5. The summed E-state index contributed by atoms with van der Waals surface area (Å²) in [5, 5.41) is 9.42. The van der Waals surface area contributed by atoms with Crippen molar-refractivity contribution in [3.63, 3.8) is 0 Å². The van der Waals surface area contributed by atoms with Gasteiger partial charge in [-0.15, -0.1) is 0 Å².